The van der Waals surface area contributed by atoms with Crippen molar-refractivity contribution in [2.45, 2.75) is 34.1 Å². The van der Waals surface area contributed by atoms with Crippen LogP contribution in [0.1, 0.15) is 37.5 Å². The van der Waals surface area contributed by atoms with Crippen LogP contribution in [0.2, 0.25) is 0 Å². The Morgan fingerprint density at radius 1 is 0.853 bits per heavy atom. The number of hydrogen-bond acceptors (Lipinski definition) is 2. The van der Waals surface area contributed by atoms with Gasteiger partial charge in [-0.2, -0.15) is 5.26 Å². The summed E-state index contributed by atoms with van der Waals surface area (Å²) in [6.07, 6.45) is 3.05. The third-order valence-electron chi connectivity index (χ3n) is 6.43. The molecular weight excluding hydrogens is 416 g/mol. The van der Waals surface area contributed by atoms with Gasteiger partial charge in [0.2, 0.25) is 5.69 Å². The molecule has 0 saturated heterocycles. The van der Waals surface area contributed by atoms with Crippen molar-refractivity contribution in [2.24, 2.45) is 12.5 Å². The minimum atomic E-state index is 0.222. The van der Waals surface area contributed by atoms with Crippen LogP contribution in [0.25, 0.3) is 44.3 Å². The molecule has 2 heterocycles. The predicted octanol–water partition coefficient (Wildman–Crippen LogP) is 7.51. The largest absolute Gasteiger partial charge is 0.454 e. The number of pyridine rings is 1. The molecule has 3 aromatic carbocycles. The molecular formula is C31H29N2O+. The van der Waals surface area contributed by atoms with Crippen LogP contribution >= 0.6 is 0 Å². The summed E-state index contributed by atoms with van der Waals surface area (Å²) in [6, 6.07) is 25.4. The number of rotatable bonds is 3. The third kappa shape index (κ3) is 3.76. The summed E-state index contributed by atoms with van der Waals surface area (Å²) in [7, 11) is 2.05. The lowest BCUT2D eigenvalue weighted by Crippen LogP contribution is -2.30. The van der Waals surface area contributed by atoms with E-state index in [1.165, 1.54) is 5.56 Å². The standard InChI is InChI=1S/C31H29N2O/c1-20-9-15-24-25-16-14-23(19-32)28(22-12-10-21(11-13-22)18-31(2,3)4)30(25)34-29(24)27(20)26-8-6-7-17-33(26)5/h6-17H,18H2,1-5H3/q+1. The van der Waals surface area contributed by atoms with Crippen LogP contribution in [0.3, 0.4) is 0 Å². The van der Waals surface area contributed by atoms with Gasteiger partial charge >= 0.3 is 0 Å². The lowest BCUT2D eigenvalue weighted by Gasteiger charge is -2.18. The van der Waals surface area contributed by atoms with Gasteiger partial charge in [-0.15, -0.1) is 0 Å². The molecule has 0 unspecified atom stereocenters. The average molecular weight is 446 g/mol. The van der Waals surface area contributed by atoms with Gasteiger partial charge in [0.1, 0.15) is 18.2 Å². The van der Waals surface area contributed by atoms with Gasteiger partial charge in [-0.05, 0) is 53.6 Å². The molecule has 3 nitrogen and oxygen atoms in total. The van der Waals surface area contributed by atoms with Gasteiger partial charge in [0.25, 0.3) is 0 Å². The Kier molecular flexibility index (Phi) is 5.25. The van der Waals surface area contributed by atoms with Crippen molar-refractivity contribution in [2.75, 3.05) is 0 Å². The number of hydrogen-bond donors (Lipinski definition) is 0. The fourth-order valence-electron chi connectivity index (χ4n) is 4.88. The monoisotopic (exact) mass is 445 g/mol. The van der Waals surface area contributed by atoms with E-state index in [4.69, 9.17) is 4.42 Å². The Morgan fingerprint density at radius 3 is 2.18 bits per heavy atom. The number of benzene rings is 3. The number of furan rings is 1. The lowest BCUT2D eigenvalue weighted by molar-refractivity contribution is -0.660. The molecule has 0 aliphatic rings. The summed E-state index contributed by atoms with van der Waals surface area (Å²) in [4.78, 5) is 0. The van der Waals surface area contributed by atoms with E-state index in [-0.39, 0.29) is 5.41 Å². The van der Waals surface area contributed by atoms with Crippen molar-refractivity contribution in [1.29, 1.82) is 5.26 Å². The van der Waals surface area contributed by atoms with Gasteiger partial charge < -0.3 is 4.42 Å². The molecule has 0 saturated carbocycles. The SMILES string of the molecule is Cc1ccc2c(oc3c(-c4ccc(CC(C)(C)C)cc4)c(C#N)ccc32)c1-c1cccc[n+]1C. The second-order valence-corrected chi connectivity index (χ2v) is 10.3. The average Bonchev–Trinajstić information content (AvgIpc) is 3.17. The highest BCUT2D eigenvalue weighted by Crippen LogP contribution is 2.41. The van der Waals surface area contributed by atoms with Gasteiger partial charge in [-0.1, -0.05) is 57.2 Å². The van der Waals surface area contributed by atoms with Crippen LogP contribution in [-0.2, 0) is 13.5 Å². The Bertz CT molecular complexity index is 1580. The first kappa shape index (κ1) is 21.9. The van der Waals surface area contributed by atoms with Gasteiger partial charge in [0, 0.05) is 28.5 Å². The molecule has 5 aromatic rings. The molecule has 0 atom stereocenters. The zero-order chi connectivity index (χ0) is 24.0. The van der Waals surface area contributed by atoms with E-state index in [0.717, 1.165) is 56.3 Å². The maximum atomic E-state index is 9.94. The van der Waals surface area contributed by atoms with E-state index in [0.29, 0.717) is 5.56 Å². The highest BCUT2D eigenvalue weighted by molar-refractivity contribution is 6.13. The van der Waals surface area contributed by atoms with Gasteiger partial charge in [0.15, 0.2) is 6.20 Å². The van der Waals surface area contributed by atoms with Crippen LogP contribution in [0.5, 0.6) is 0 Å². The van der Waals surface area contributed by atoms with E-state index in [9.17, 15) is 5.26 Å². The molecule has 3 heteroatoms. The van der Waals surface area contributed by atoms with Gasteiger partial charge in [0.05, 0.1) is 17.2 Å². The normalized spacial score (nSPS) is 11.8. The fraction of sp³-hybridized carbons (Fsp3) is 0.226. The molecule has 0 fully saturated rings. The summed E-state index contributed by atoms with van der Waals surface area (Å²) < 4.78 is 8.76. The molecule has 168 valence electrons. The fourth-order valence-corrected chi connectivity index (χ4v) is 4.88. The summed E-state index contributed by atoms with van der Waals surface area (Å²) in [6.45, 7) is 8.85. The summed E-state index contributed by atoms with van der Waals surface area (Å²) in [5.41, 5.74) is 8.96. The molecule has 0 radical (unpaired) electrons. The van der Waals surface area contributed by atoms with E-state index in [1.807, 2.05) is 18.2 Å². The molecule has 0 amide bonds. The summed E-state index contributed by atoms with van der Waals surface area (Å²) in [5, 5.41) is 12.0. The van der Waals surface area contributed by atoms with Crippen molar-refractivity contribution in [3.05, 3.63) is 89.6 Å². The number of aromatic nitrogens is 1. The van der Waals surface area contributed by atoms with Crippen LogP contribution < -0.4 is 4.57 Å². The first-order valence-corrected chi connectivity index (χ1v) is 11.7. The molecule has 0 bridgehead atoms. The minimum Gasteiger partial charge on any atom is -0.454 e. The Hall–Kier alpha value is -3.90. The first-order chi connectivity index (χ1) is 16.3. The van der Waals surface area contributed by atoms with Crippen LogP contribution in [-0.4, -0.2) is 0 Å². The van der Waals surface area contributed by atoms with E-state index in [2.05, 4.69) is 100 Å². The molecule has 34 heavy (non-hydrogen) atoms. The second-order valence-electron chi connectivity index (χ2n) is 10.3. The van der Waals surface area contributed by atoms with Crippen LogP contribution in [0.15, 0.2) is 77.3 Å². The molecule has 0 spiro atoms. The topological polar surface area (TPSA) is 40.8 Å². The smallest absolute Gasteiger partial charge is 0.216 e. The highest BCUT2D eigenvalue weighted by atomic mass is 16.3. The van der Waals surface area contributed by atoms with E-state index >= 15 is 0 Å². The molecule has 0 aliphatic heterocycles. The second kappa shape index (κ2) is 8.15. The van der Waals surface area contributed by atoms with Crippen molar-refractivity contribution in [3.8, 4) is 28.5 Å². The summed E-state index contributed by atoms with van der Waals surface area (Å²) >= 11 is 0. The number of nitrogens with zero attached hydrogens (tertiary/aromatic N) is 2. The van der Waals surface area contributed by atoms with Gasteiger partial charge in [-0.25, -0.2) is 4.57 Å². The van der Waals surface area contributed by atoms with Crippen molar-refractivity contribution in [3.63, 3.8) is 0 Å². The van der Waals surface area contributed by atoms with Crippen molar-refractivity contribution >= 4 is 21.9 Å². The quantitative estimate of drug-likeness (QED) is 0.270. The zero-order valence-corrected chi connectivity index (χ0v) is 20.4. The van der Waals surface area contributed by atoms with E-state index in [1.54, 1.807) is 0 Å². The molecule has 0 N–H and O–H groups in total. The molecule has 2 aromatic heterocycles. The predicted molar refractivity (Wildman–Crippen MR) is 138 cm³/mol. The van der Waals surface area contributed by atoms with Crippen molar-refractivity contribution in [1.82, 2.24) is 0 Å². The Morgan fingerprint density at radius 2 is 1.53 bits per heavy atom. The summed E-state index contributed by atoms with van der Waals surface area (Å²) in [5.74, 6) is 0. The van der Waals surface area contributed by atoms with Gasteiger partial charge in [-0.3, -0.25) is 0 Å². The highest BCUT2D eigenvalue weighted by Gasteiger charge is 2.23. The number of aryl methyl sites for hydroxylation is 2. The third-order valence-corrected chi connectivity index (χ3v) is 6.43. The Balaban J connectivity index is 1.77. The number of fused-ring (bicyclic) bond motifs is 3. The molecule has 5 rings (SSSR count). The zero-order valence-electron chi connectivity index (χ0n) is 20.4. The maximum absolute atomic E-state index is 9.94. The maximum Gasteiger partial charge on any atom is 0.216 e. The van der Waals surface area contributed by atoms with Crippen molar-refractivity contribution < 1.29 is 8.98 Å². The minimum absolute atomic E-state index is 0.222. The number of nitriles is 1. The van der Waals surface area contributed by atoms with Crippen LogP contribution in [0, 0.1) is 23.7 Å². The van der Waals surface area contributed by atoms with E-state index < -0.39 is 0 Å². The molecule has 0 aliphatic carbocycles. The Labute approximate surface area is 200 Å². The van der Waals surface area contributed by atoms with Crippen LogP contribution in [0.4, 0.5) is 0 Å². The first-order valence-electron chi connectivity index (χ1n) is 11.7. The lowest BCUT2D eigenvalue weighted by atomic mass is 9.87.